The molecule has 1 fully saturated rings. The van der Waals surface area contributed by atoms with Crippen molar-refractivity contribution in [3.05, 3.63) is 78.6 Å². The summed E-state index contributed by atoms with van der Waals surface area (Å²) in [4.78, 5) is 25.4. The Labute approximate surface area is 205 Å². The average Bonchev–Trinajstić information content (AvgIpc) is 3.50. The van der Waals surface area contributed by atoms with Gasteiger partial charge in [0.1, 0.15) is 5.75 Å². The lowest BCUT2D eigenvalue weighted by Gasteiger charge is -2.27. The number of carbonyl (C=O) groups excluding carboxylic acids is 2. The number of ether oxygens (including phenoxy) is 1. The SMILES string of the molecule is COc1ccc2cn(C[C@@]3(c4ccc(-c5ccc6cn(C)nc6c5)cc4)NC(=O)NC3=O)c(O)c2c1. The Kier molecular flexibility index (Phi) is 4.75. The van der Waals surface area contributed by atoms with Crippen LogP contribution in [0.1, 0.15) is 5.56 Å². The Morgan fingerprint density at radius 2 is 1.72 bits per heavy atom. The average molecular weight is 482 g/mol. The molecule has 0 unspecified atom stereocenters. The molecule has 9 heteroatoms. The summed E-state index contributed by atoms with van der Waals surface area (Å²) in [6.07, 6.45) is 3.71. The van der Waals surface area contributed by atoms with E-state index < -0.39 is 17.5 Å². The molecule has 1 aliphatic rings. The van der Waals surface area contributed by atoms with E-state index in [0.717, 1.165) is 27.4 Å². The monoisotopic (exact) mass is 481 g/mol. The van der Waals surface area contributed by atoms with Crippen molar-refractivity contribution < 1.29 is 19.4 Å². The normalized spacial score (nSPS) is 17.5. The van der Waals surface area contributed by atoms with Crippen molar-refractivity contribution in [1.82, 2.24) is 25.0 Å². The molecule has 0 bridgehead atoms. The minimum absolute atomic E-state index is 0.00659. The summed E-state index contributed by atoms with van der Waals surface area (Å²) < 4.78 is 8.61. The van der Waals surface area contributed by atoms with Crippen LogP contribution < -0.4 is 15.4 Å². The van der Waals surface area contributed by atoms with Crippen LogP contribution in [0.15, 0.2) is 73.1 Å². The number of aryl methyl sites for hydroxylation is 1. The first-order valence-electron chi connectivity index (χ1n) is 11.4. The quantitative estimate of drug-likeness (QED) is 0.332. The third kappa shape index (κ3) is 3.36. The third-order valence-corrected chi connectivity index (χ3v) is 6.75. The van der Waals surface area contributed by atoms with E-state index in [1.54, 1.807) is 34.7 Å². The Bertz CT molecular complexity index is 1670. The van der Waals surface area contributed by atoms with E-state index in [4.69, 9.17) is 4.74 Å². The zero-order chi connectivity index (χ0) is 25.0. The minimum atomic E-state index is -1.39. The largest absolute Gasteiger partial charge is 0.497 e. The summed E-state index contributed by atoms with van der Waals surface area (Å²) in [7, 11) is 3.44. The number of aromatic nitrogens is 3. The smallest absolute Gasteiger partial charge is 0.322 e. The fourth-order valence-corrected chi connectivity index (χ4v) is 4.89. The molecule has 1 atom stereocenters. The molecule has 0 aliphatic carbocycles. The van der Waals surface area contributed by atoms with Gasteiger partial charge in [-0.2, -0.15) is 5.10 Å². The molecule has 1 saturated heterocycles. The van der Waals surface area contributed by atoms with Crippen LogP contribution in [0.2, 0.25) is 0 Å². The molecule has 0 radical (unpaired) electrons. The second kappa shape index (κ2) is 7.88. The fraction of sp³-hybridized carbons (Fsp3) is 0.148. The Hall–Kier alpha value is -4.79. The van der Waals surface area contributed by atoms with Crippen LogP contribution in [0.4, 0.5) is 4.79 Å². The van der Waals surface area contributed by atoms with Gasteiger partial charge in [-0.05, 0) is 41.0 Å². The highest BCUT2D eigenvalue weighted by atomic mass is 16.5. The number of amides is 3. The molecule has 0 saturated carbocycles. The number of rotatable bonds is 5. The topological polar surface area (TPSA) is 110 Å². The van der Waals surface area contributed by atoms with Crippen molar-refractivity contribution >= 4 is 33.6 Å². The minimum Gasteiger partial charge on any atom is -0.497 e. The van der Waals surface area contributed by atoms with Gasteiger partial charge in [0.2, 0.25) is 0 Å². The zero-order valence-electron chi connectivity index (χ0n) is 19.6. The molecule has 180 valence electrons. The first kappa shape index (κ1) is 21.7. The lowest BCUT2D eigenvalue weighted by molar-refractivity contribution is -0.124. The van der Waals surface area contributed by atoms with Gasteiger partial charge in [-0.25, -0.2) is 4.79 Å². The van der Waals surface area contributed by atoms with Crippen LogP contribution in [-0.2, 0) is 23.9 Å². The molecule has 3 amide bonds. The second-order valence-electron chi connectivity index (χ2n) is 9.00. The van der Waals surface area contributed by atoms with Crippen LogP contribution in [0, 0.1) is 0 Å². The fourth-order valence-electron chi connectivity index (χ4n) is 4.89. The predicted molar refractivity (Wildman–Crippen MR) is 135 cm³/mol. The van der Waals surface area contributed by atoms with Crippen LogP contribution in [0.5, 0.6) is 11.6 Å². The molecule has 9 nitrogen and oxygen atoms in total. The highest BCUT2D eigenvalue weighted by molar-refractivity contribution is 6.07. The lowest BCUT2D eigenvalue weighted by atomic mass is 9.88. The number of urea groups is 1. The lowest BCUT2D eigenvalue weighted by Crippen LogP contribution is -2.47. The number of nitrogens with zero attached hydrogens (tertiary/aromatic N) is 3. The van der Waals surface area contributed by atoms with E-state index in [0.29, 0.717) is 16.7 Å². The summed E-state index contributed by atoms with van der Waals surface area (Å²) in [5.74, 6) is 0.110. The van der Waals surface area contributed by atoms with Crippen molar-refractivity contribution in [2.75, 3.05) is 7.11 Å². The van der Waals surface area contributed by atoms with Gasteiger partial charge in [-0.1, -0.05) is 36.4 Å². The van der Waals surface area contributed by atoms with E-state index in [9.17, 15) is 14.7 Å². The molecular formula is C27H23N5O4. The van der Waals surface area contributed by atoms with E-state index in [-0.39, 0.29) is 12.4 Å². The number of fused-ring (bicyclic) bond motifs is 2. The summed E-state index contributed by atoms with van der Waals surface area (Å²) in [5.41, 5.74) is 2.04. The van der Waals surface area contributed by atoms with Crippen LogP contribution in [0.25, 0.3) is 32.8 Å². The van der Waals surface area contributed by atoms with Gasteiger partial charge < -0.3 is 19.7 Å². The summed E-state index contributed by atoms with van der Waals surface area (Å²) in [6.45, 7) is 0.00659. The highest BCUT2D eigenvalue weighted by Gasteiger charge is 2.48. The predicted octanol–water partition coefficient (Wildman–Crippen LogP) is 3.64. The second-order valence-corrected chi connectivity index (χ2v) is 9.00. The van der Waals surface area contributed by atoms with Gasteiger partial charge in [-0.3, -0.25) is 14.8 Å². The maximum atomic E-state index is 13.1. The zero-order valence-corrected chi connectivity index (χ0v) is 19.6. The molecule has 2 aromatic heterocycles. The number of hydrogen-bond donors (Lipinski definition) is 3. The first-order chi connectivity index (χ1) is 17.4. The highest BCUT2D eigenvalue weighted by Crippen LogP contribution is 2.35. The van der Waals surface area contributed by atoms with Gasteiger partial charge >= 0.3 is 6.03 Å². The standard InChI is InChI=1S/C27H23N5O4/c1-31-13-19-4-3-17(11-23(19)30-31)16-5-8-20(9-6-16)27(25(34)28-26(35)29-27)15-32-14-18-7-10-21(36-2)12-22(18)24(32)33/h3-14,33H,15H2,1-2H3,(H2,28,29,34,35)/t27-/m0/s1. The summed E-state index contributed by atoms with van der Waals surface area (Å²) >= 11 is 0. The van der Waals surface area contributed by atoms with Crippen molar-refractivity contribution in [3.63, 3.8) is 0 Å². The number of methoxy groups -OCH3 is 1. The number of imide groups is 1. The van der Waals surface area contributed by atoms with E-state index in [1.807, 2.05) is 61.8 Å². The van der Waals surface area contributed by atoms with E-state index in [1.165, 1.54) is 0 Å². The van der Waals surface area contributed by atoms with Gasteiger partial charge in [0.15, 0.2) is 11.4 Å². The summed E-state index contributed by atoms with van der Waals surface area (Å²) in [6, 6.07) is 18.3. The van der Waals surface area contributed by atoms with Crippen molar-refractivity contribution in [1.29, 1.82) is 0 Å². The number of nitrogens with one attached hydrogen (secondary N) is 2. The Morgan fingerprint density at radius 1 is 0.972 bits per heavy atom. The molecule has 3 aromatic carbocycles. The van der Waals surface area contributed by atoms with Crippen LogP contribution >= 0.6 is 0 Å². The third-order valence-electron chi connectivity index (χ3n) is 6.75. The van der Waals surface area contributed by atoms with Gasteiger partial charge in [0.05, 0.1) is 19.2 Å². The van der Waals surface area contributed by atoms with Gasteiger partial charge in [0.25, 0.3) is 5.91 Å². The number of benzene rings is 3. The Morgan fingerprint density at radius 3 is 2.44 bits per heavy atom. The number of aromatic hydroxyl groups is 1. The number of carbonyl (C=O) groups is 2. The molecule has 3 N–H and O–H groups in total. The van der Waals surface area contributed by atoms with Crippen molar-refractivity contribution in [2.45, 2.75) is 12.1 Å². The molecule has 36 heavy (non-hydrogen) atoms. The molecule has 1 aliphatic heterocycles. The molecule has 6 rings (SSSR count). The molecular weight excluding hydrogens is 458 g/mol. The first-order valence-corrected chi connectivity index (χ1v) is 11.4. The molecule has 3 heterocycles. The maximum absolute atomic E-state index is 13.1. The van der Waals surface area contributed by atoms with Gasteiger partial charge in [0, 0.05) is 35.6 Å². The summed E-state index contributed by atoms with van der Waals surface area (Å²) in [5, 5.41) is 23.0. The van der Waals surface area contributed by atoms with Gasteiger partial charge in [-0.15, -0.1) is 0 Å². The maximum Gasteiger partial charge on any atom is 0.322 e. The Balaban J connectivity index is 1.39. The van der Waals surface area contributed by atoms with E-state index >= 15 is 0 Å². The molecule has 0 spiro atoms. The number of hydrogen-bond acceptors (Lipinski definition) is 5. The van der Waals surface area contributed by atoms with E-state index in [2.05, 4.69) is 15.7 Å². The molecule has 5 aromatic rings. The van der Waals surface area contributed by atoms with Crippen LogP contribution in [-0.4, -0.2) is 38.5 Å². The van der Waals surface area contributed by atoms with Crippen LogP contribution in [0.3, 0.4) is 0 Å². The van der Waals surface area contributed by atoms with Crippen molar-refractivity contribution in [3.8, 4) is 22.8 Å². The van der Waals surface area contributed by atoms with Crippen molar-refractivity contribution in [2.24, 2.45) is 7.05 Å².